The molecule has 2 aromatic rings. The van der Waals surface area contributed by atoms with Crippen LogP contribution in [0.4, 0.5) is 0 Å². The van der Waals surface area contributed by atoms with Crippen LogP contribution in [0.3, 0.4) is 0 Å². The van der Waals surface area contributed by atoms with E-state index in [4.69, 9.17) is 14.2 Å². The number of hydrogen-bond donors (Lipinski definition) is 0. The number of unbranched alkanes of at least 4 members (excludes halogenated alkanes) is 5. The maximum Gasteiger partial charge on any atom is 0.170 e. The fourth-order valence-corrected chi connectivity index (χ4v) is 5.15. The fourth-order valence-electron chi connectivity index (χ4n) is 5.15. The SMILES string of the molecule is CCCCCCCCn1cc(CN2CCC3(CC2)OCCO3)c2ccc(OC(C)C)cc21. The van der Waals surface area contributed by atoms with Gasteiger partial charge in [-0.3, -0.25) is 4.90 Å². The Morgan fingerprint density at radius 1 is 1.00 bits per heavy atom. The molecule has 3 heterocycles. The monoisotopic (exact) mass is 442 g/mol. The number of benzene rings is 1. The van der Waals surface area contributed by atoms with E-state index in [2.05, 4.69) is 54.6 Å². The molecule has 0 unspecified atom stereocenters. The van der Waals surface area contributed by atoms with Gasteiger partial charge < -0.3 is 18.8 Å². The van der Waals surface area contributed by atoms with Crippen molar-refractivity contribution in [3.05, 3.63) is 30.0 Å². The van der Waals surface area contributed by atoms with Crippen LogP contribution >= 0.6 is 0 Å². The molecule has 1 spiro atoms. The molecule has 0 aliphatic carbocycles. The van der Waals surface area contributed by atoms with E-state index in [1.807, 2.05) is 0 Å². The van der Waals surface area contributed by atoms with Crippen LogP contribution in [0.1, 0.15) is 77.7 Å². The fraction of sp³-hybridized carbons (Fsp3) is 0.704. The molecule has 2 saturated heterocycles. The number of ether oxygens (including phenoxy) is 3. The van der Waals surface area contributed by atoms with Crippen LogP contribution in [0.15, 0.2) is 24.4 Å². The maximum absolute atomic E-state index is 6.01. The molecule has 0 saturated carbocycles. The molecule has 2 aliphatic heterocycles. The first-order chi connectivity index (χ1) is 15.6. The van der Waals surface area contributed by atoms with Crippen molar-refractivity contribution in [3.63, 3.8) is 0 Å². The van der Waals surface area contributed by atoms with Crippen molar-refractivity contribution in [2.45, 2.75) is 97.1 Å². The van der Waals surface area contributed by atoms with Crippen LogP contribution < -0.4 is 4.74 Å². The number of piperidine rings is 1. The normalized spacial score (nSPS) is 18.9. The number of aromatic nitrogens is 1. The number of aryl methyl sites for hydroxylation is 1. The summed E-state index contributed by atoms with van der Waals surface area (Å²) < 4.78 is 20.3. The lowest BCUT2D eigenvalue weighted by Gasteiger charge is -2.37. The molecular weight excluding hydrogens is 400 g/mol. The van der Waals surface area contributed by atoms with Gasteiger partial charge in [-0.25, -0.2) is 0 Å². The number of rotatable bonds is 11. The summed E-state index contributed by atoms with van der Waals surface area (Å²) in [6.07, 6.45) is 12.4. The zero-order valence-electron chi connectivity index (χ0n) is 20.4. The Bertz CT molecular complexity index is 844. The van der Waals surface area contributed by atoms with Gasteiger partial charge in [-0.1, -0.05) is 39.0 Å². The van der Waals surface area contributed by atoms with Crippen LogP contribution in [0.5, 0.6) is 5.75 Å². The van der Waals surface area contributed by atoms with E-state index in [1.165, 1.54) is 55.0 Å². The minimum atomic E-state index is -0.300. The maximum atomic E-state index is 6.01. The average Bonchev–Trinajstić information content (AvgIpc) is 3.37. The molecular formula is C27H42N2O3. The van der Waals surface area contributed by atoms with Crippen molar-refractivity contribution >= 4 is 10.9 Å². The van der Waals surface area contributed by atoms with Gasteiger partial charge in [-0.2, -0.15) is 0 Å². The van der Waals surface area contributed by atoms with Gasteiger partial charge >= 0.3 is 0 Å². The summed E-state index contributed by atoms with van der Waals surface area (Å²) >= 11 is 0. The summed E-state index contributed by atoms with van der Waals surface area (Å²) in [5, 5.41) is 1.36. The Morgan fingerprint density at radius 3 is 2.44 bits per heavy atom. The van der Waals surface area contributed by atoms with E-state index >= 15 is 0 Å². The van der Waals surface area contributed by atoms with Gasteiger partial charge in [0.05, 0.1) is 24.8 Å². The van der Waals surface area contributed by atoms with Crippen LogP contribution in [-0.2, 0) is 22.6 Å². The summed E-state index contributed by atoms with van der Waals surface area (Å²) in [6, 6.07) is 6.63. The Hall–Kier alpha value is -1.56. The van der Waals surface area contributed by atoms with Crippen molar-refractivity contribution in [2.75, 3.05) is 26.3 Å². The van der Waals surface area contributed by atoms with Gasteiger partial charge in [0.1, 0.15) is 5.75 Å². The van der Waals surface area contributed by atoms with Crippen molar-refractivity contribution in [1.29, 1.82) is 0 Å². The van der Waals surface area contributed by atoms with Crippen LogP contribution in [0.25, 0.3) is 10.9 Å². The van der Waals surface area contributed by atoms with E-state index in [-0.39, 0.29) is 11.9 Å². The highest BCUT2D eigenvalue weighted by Crippen LogP contribution is 2.33. The molecule has 0 atom stereocenters. The highest BCUT2D eigenvalue weighted by atomic mass is 16.7. The quantitative estimate of drug-likeness (QED) is 0.392. The third-order valence-corrected chi connectivity index (χ3v) is 6.89. The topological polar surface area (TPSA) is 35.9 Å². The zero-order chi connectivity index (χ0) is 22.4. The van der Waals surface area contributed by atoms with Crippen molar-refractivity contribution < 1.29 is 14.2 Å². The lowest BCUT2D eigenvalue weighted by Crippen LogP contribution is -2.44. The molecule has 2 fully saturated rings. The molecule has 2 aliphatic rings. The molecule has 0 N–H and O–H groups in total. The van der Waals surface area contributed by atoms with E-state index < -0.39 is 0 Å². The highest BCUT2D eigenvalue weighted by molar-refractivity contribution is 5.85. The first-order valence-corrected chi connectivity index (χ1v) is 12.9. The second-order valence-electron chi connectivity index (χ2n) is 9.84. The summed E-state index contributed by atoms with van der Waals surface area (Å²) in [4.78, 5) is 2.55. The standard InChI is InChI=1S/C27H42N2O3/c1-4-5-6-7-8-9-14-29-21-23(25-11-10-24(19-26(25)29)32-22(2)3)20-28-15-12-27(13-16-28)30-17-18-31-27/h10-11,19,21-22H,4-9,12-18,20H2,1-3H3. The summed E-state index contributed by atoms with van der Waals surface area (Å²) in [6.45, 7) is 12.1. The minimum Gasteiger partial charge on any atom is -0.491 e. The molecule has 4 rings (SSSR count). The zero-order valence-corrected chi connectivity index (χ0v) is 20.4. The van der Waals surface area contributed by atoms with Crippen molar-refractivity contribution in [3.8, 4) is 5.75 Å². The van der Waals surface area contributed by atoms with Gasteiger partial charge in [0.15, 0.2) is 5.79 Å². The Morgan fingerprint density at radius 2 is 1.72 bits per heavy atom. The predicted molar refractivity (Wildman–Crippen MR) is 130 cm³/mol. The molecule has 5 nitrogen and oxygen atoms in total. The van der Waals surface area contributed by atoms with Gasteiger partial charge in [0.2, 0.25) is 0 Å². The Kier molecular flexibility index (Phi) is 8.14. The molecule has 5 heteroatoms. The number of hydrogen-bond acceptors (Lipinski definition) is 4. The summed E-state index contributed by atoms with van der Waals surface area (Å²) in [7, 11) is 0. The Balaban J connectivity index is 1.45. The Labute approximate surface area is 194 Å². The van der Waals surface area contributed by atoms with E-state index in [1.54, 1.807) is 0 Å². The van der Waals surface area contributed by atoms with Crippen molar-refractivity contribution in [1.82, 2.24) is 9.47 Å². The predicted octanol–water partition coefficient (Wildman–Crippen LogP) is 6.13. The van der Waals surface area contributed by atoms with Gasteiger partial charge in [0.25, 0.3) is 0 Å². The molecule has 32 heavy (non-hydrogen) atoms. The van der Waals surface area contributed by atoms with Crippen LogP contribution in [0, 0.1) is 0 Å². The van der Waals surface area contributed by atoms with Gasteiger partial charge in [0, 0.05) is 56.7 Å². The third kappa shape index (κ3) is 5.86. The second kappa shape index (κ2) is 11.0. The van der Waals surface area contributed by atoms with Gasteiger partial charge in [-0.15, -0.1) is 0 Å². The molecule has 0 bridgehead atoms. The van der Waals surface area contributed by atoms with E-state index in [9.17, 15) is 0 Å². The second-order valence-corrected chi connectivity index (χ2v) is 9.84. The first-order valence-electron chi connectivity index (χ1n) is 12.9. The smallest absolute Gasteiger partial charge is 0.170 e. The number of fused-ring (bicyclic) bond motifs is 1. The third-order valence-electron chi connectivity index (χ3n) is 6.89. The minimum absolute atomic E-state index is 0.189. The lowest BCUT2D eigenvalue weighted by atomic mass is 10.0. The number of nitrogens with zero attached hydrogens (tertiary/aromatic N) is 2. The van der Waals surface area contributed by atoms with E-state index in [0.29, 0.717) is 0 Å². The number of likely N-dealkylation sites (tertiary alicyclic amines) is 1. The van der Waals surface area contributed by atoms with Gasteiger partial charge in [-0.05, 0) is 38.0 Å². The lowest BCUT2D eigenvalue weighted by molar-refractivity contribution is -0.185. The molecule has 0 radical (unpaired) electrons. The summed E-state index contributed by atoms with van der Waals surface area (Å²) in [5.41, 5.74) is 2.73. The van der Waals surface area contributed by atoms with Crippen molar-refractivity contribution in [2.24, 2.45) is 0 Å². The highest BCUT2D eigenvalue weighted by Gasteiger charge is 2.39. The summed E-state index contributed by atoms with van der Waals surface area (Å²) in [5.74, 6) is 0.669. The van der Waals surface area contributed by atoms with Crippen LogP contribution in [0.2, 0.25) is 0 Å². The molecule has 1 aromatic carbocycles. The molecule has 178 valence electrons. The average molecular weight is 443 g/mol. The molecule has 1 aromatic heterocycles. The largest absolute Gasteiger partial charge is 0.491 e. The van der Waals surface area contributed by atoms with Crippen LogP contribution in [-0.4, -0.2) is 47.7 Å². The van der Waals surface area contributed by atoms with E-state index in [0.717, 1.165) is 58.0 Å². The molecule has 0 amide bonds. The first kappa shape index (κ1) is 23.6.